The largest absolute Gasteiger partial charge is 0.393 e. The van der Waals surface area contributed by atoms with Gasteiger partial charge in [0.1, 0.15) is 11.9 Å². The minimum atomic E-state index is -0.490. The Labute approximate surface area is 114 Å². The average molecular weight is 264 g/mol. The van der Waals surface area contributed by atoms with Crippen LogP contribution in [0.4, 0.5) is 4.39 Å². The van der Waals surface area contributed by atoms with E-state index in [0.29, 0.717) is 13.0 Å². The van der Waals surface area contributed by atoms with Gasteiger partial charge in [-0.2, -0.15) is 5.26 Å². The Morgan fingerprint density at radius 3 is 2.58 bits per heavy atom. The smallest absolute Gasteiger partial charge is 0.141 e. The maximum Gasteiger partial charge on any atom is 0.141 e. The van der Waals surface area contributed by atoms with Crippen molar-refractivity contribution in [1.82, 2.24) is 5.32 Å². The molecule has 0 saturated carbocycles. The Kier molecular flexibility index (Phi) is 5.94. The van der Waals surface area contributed by atoms with Crippen molar-refractivity contribution in [3.8, 4) is 6.07 Å². The SMILES string of the molecule is CC(NCCC(O)C(C)C)c1ccc(C#N)c(F)c1. The van der Waals surface area contributed by atoms with E-state index in [1.165, 1.54) is 12.1 Å². The molecule has 1 rings (SSSR count). The molecule has 0 saturated heterocycles. The fourth-order valence-electron chi connectivity index (χ4n) is 1.79. The zero-order valence-corrected chi connectivity index (χ0v) is 11.7. The number of hydrogen-bond acceptors (Lipinski definition) is 3. The van der Waals surface area contributed by atoms with Gasteiger partial charge in [0, 0.05) is 6.04 Å². The lowest BCUT2D eigenvalue weighted by atomic mass is 10.0. The topological polar surface area (TPSA) is 56.0 Å². The third-order valence-corrected chi connectivity index (χ3v) is 3.27. The fraction of sp³-hybridized carbons (Fsp3) is 0.533. The van der Waals surface area contributed by atoms with Gasteiger partial charge in [0.15, 0.2) is 0 Å². The Balaban J connectivity index is 2.52. The van der Waals surface area contributed by atoms with Gasteiger partial charge in [0.25, 0.3) is 0 Å². The molecular weight excluding hydrogens is 243 g/mol. The molecule has 0 aliphatic carbocycles. The summed E-state index contributed by atoms with van der Waals surface area (Å²) in [6.45, 7) is 6.55. The van der Waals surface area contributed by atoms with Crippen molar-refractivity contribution in [2.24, 2.45) is 5.92 Å². The Hall–Kier alpha value is -1.44. The van der Waals surface area contributed by atoms with Gasteiger partial charge in [0.05, 0.1) is 11.7 Å². The molecule has 0 spiro atoms. The molecule has 104 valence electrons. The second-order valence-corrected chi connectivity index (χ2v) is 5.13. The highest BCUT2D eigenvalue weighted by atomic mass is 19.1. The van der Waals surface area contributed by atoms with E-state index in [9.17, 15) is 9.50 Å². The Bertz CT molecular complexity index is 454. The van der Waals surface area contributed by atoms with Crippen molar-refractivity contribution < 1.29 is 9.50 Å². The lowest BCUT2D eigenvalue weighted by Crippen LogP contribution is -2.25. The number of aliphatic hydroxyl groups is 1. The van der Waals surface area contributed by atoms with Crippen LogP contribution in [0, 0.1) is 23.1 Å². The standard InChI is InChI=1S/C15H21FN2O/c1-10(2)15(19)6-7-18-11(3)12-4-5-13(9-17)14(16)8-12/h4-5,8,10-11,15,18-19H,6-7H2,1-3H3. The summed E-state index contributed by atoms with van der Waals surface area (Å²) < 4.78 is 13.5. The third kappa shape index (κ3) is 4.62. The van der Waals surface area contributed by atoms with Crippen molar-refractivity contribution in [3.63, 3.8) is 0 Å². The van der Waals surface area contributed by atoms with E-state index in [1.54, 1.807) is 12.1 Å². The number of nitrogens with one attached hydrogen (secondary N) is 1. The first-order valence-corrected chi connectivity index (χ1v) is 6.56. The number of hydrogen-bond donors (Lipinski definition) is 2. The molecule has 0 bridgehead atoms. The molecule has 1 aromatic carbocycles. The van der Waals surface area contributed by atoms with Crippen LogP contribution < -0.4 is 5.32 Å². The first-order chi connectivity index (χ1) is 8.95. The monoisotopic (exact) mass is 264 g/mol. The summed E-state index contributed by atoms with van der Waals surface area (Å²) in [6.07, 6.45) is 0.346. The molecule has 0 aliphatic rings. The van der Waals surface area contributed by atoms with Gasteiger partial charge >= 0.3 is 0 Å². The van der Waals surface area contributed by atoms with Crippen LogP contribution in [0.5, 0.6) is 0 Å². The number of nitriles is 1. The summed E-state index contributed by atoms with van der Waals surface area (Å²) >= 11 is 0. The molecule has 0 aromatic heterocycles. The zero-order valence-electron chi connectivity index (χ0n) is 11.7. The number of rotatable bonds is 6. The molecule has 2 N–H and O–H groups in total. The molecule has 4 heteroatoms. The summed E-state index contributed by atoms with van der Waals surface area (Å²) in [5, 5.41) is 21.6. The maximum absolute atomic E-state index is 13.5. The van der Waals surface area contributed by atoms with Crippen LogP contribution in [0.25, 0.3) is 0 Å². The van der Waals surface area contributed by atoms with Crippen LogP contribution in [0.3, 0.4) is 0 Å². The van der Waals surface area contributed by atoms with Crippen LogP contribution in [-0.2, 0) is 0 Å². The minimum absolute atomic E-state index is 0.0124. The van der Waals surface area contributed by atoms with E-state index in [0.717, 1.165) is 5.56 Å². The predicted octanol–water partition coefficient (Wildman–Crippen LogP) is 2.75. The van der Waals surface area contributed by atoms with E-state index < -0.39 is 5.82 Å². The number of nitrogens with zero attached hydrogens (tertiary/aromatic N) is 1. The van der Waals surface area contributed by atoms with Crippen molar-refractivity contribution >= 4 is 0 Å². The molecule has 0 fully saturated rings. The summed E-state index contributed by atoms with van der Waals surface area (Å²) in [5.41, 5.74) is 0.863. The van der Waals surface area contributed by atoms with Crippen molar-refractivity contribution in [1.29, 1.82) is 5.26 Å². The maximum atomic E-state index is 13.5. The zero-order chi connectivity index (χ0) is 14.4. The van der Waals surface area contributed by atoms with E-state index in [1.807, 2.05) is 20.8 Å². The molecule has 0 heterocycles. The summed E-state index contributed by atoms with van der Waals surface area (Å²) in [7, 11) is 0. The van der Waals surface area contributed by atoms with Crippen molar-refractivity contribution in [2.75, 3.05) is 6.54 Å². The van der Waals surface area contributed by atoms with Crippen LogP contribution in [-0.4, -0.2) is 17.8 Å². The van der Waals surface area contributed by atoms with E-state index in [4.69, 9.17) is 5.26 Å². The van der Waals surface area contributed by atoms with E-state index in [-0.39, 0.29) is 23.6 Å². The molecule has 1 aromatic rings. The molecule has 2 atom stereocenters. The molecule has 0 amide bonds. The lowest BCUT2D eigenvalue weighted by Gasteiger charge is -2.18. The van der Waals surface area contributed by atoms with E-state index in [2.05, 4.69) is 5.32 Å². The van der Waals surface area contributed by atoms with E-state index >= 15 is 0 Å². The second-order valence-electron chi connectivity index (χ2n) is 5.13. The third-order valence-electron chi connectivity index (χ3n) is 3.27. The predicted molar refractivity (Wildman–Crippen MR) is 73.0 cm³/mol. The molecule has 0 radical (unpaired) electrons. The average Bonchev–Trinajstić information content (AvgIpc) is 2.38. The highest BCUT2D eigenvalue weighted by Crippen LogP contribution is 2.16. The van der Waals surface area contributed by atoms with Gasteiger partial charge in [-0.1, -0.05) is 19.9 Å². The van der Waals surface area contributed by atoms with Gasteiger partial charge in [-0.3, -0.25) is 0 Å². The first kappa shape index (κ1) is 15.6. The number of halogens is 1. The number of benzene rings is 1. The Morgan fingerprint density at radius 2 is 2.05 bits per heavy atom. The van der Waals surface area contributed by atoms with Crippen molar-refractivity contribution in [3.05, 3.63) is 35.1 Å². The van der Waals surface area contributed by atoms with Crippen LogP contribution in [0.15, 0.2) is 18.2 Å². The Morgan fingerprint density at radius 1 is 1.37 bits per heavy atom. The highest BCUT2D eigenvalue weighted by molar-refractivity contribution is 5.34. The second kappa shape index (κ2) is 7.22. The molecule has 3 nitrogen and oxygen atoms in total. The van der Waals surface area contributed by atoms with Crippen LogP contribution in [0.2, 0.25) is 0 Å². The summed E-state index contributed by atoms with van der Waals surface area (Å²) in [4.78, 5) is 0. The molecule has 19 heavy (non-hydrogen) atoms. The number of aliphatic hydroxyl groups excluding tert-OH is 1. The lowest BCUT2D eigenvalue weighted by molar-refractivity contribution is 0.115. The van der Waals surface area contributed by atoms with Gasteiger partial charge in [0.2, 0.25) is 0 Å². The quantitative estimate of drug-likeness (QED) is 0.830. The molecule has 2 unspecified atom stereocenters. The first-order valence-electron chi connectivity index (χ1n) is 6.56. The van der Waals surface area contributed by atoms with Gasteiger partial charge < -0.3 is 10.4 Å². The van der Waals surface area contributed by atoms with Crippen LogP contribution >= 0.6 is 0 Å². The fourth-order valence-corrected chi connectivity index (χ4v) is 1.79. The van der Waals surface area contributed by atoms with Crippen LogP contribution in [0.1, 0.15) is 44.4 Å². The molecular formula is C15H21FN2O. The van der Waals surface area contributed by atoms with Crippen molar-refractivity contribution in [2.45, 2.75) is 39.3 Å². The highest BCUT2D eigenvalue weighted by Gasteiger charge is 2.11. The summed E-state index contributed by atoms with van der Waals surface area (Å²) in [5.74, 6) is -0.250. The molecule has 0 aliphatic heterocycles. The van der Waals surface area contributed by atoms with Gasteiger partial charge in [-0.15, -0.1) is 0 Å². The summed E-state index contributed by atoms with van der Waals surface area (Å²) in [6, 6.07) is 6.42. The normalized spacial score (nSPS) is 14.2. The minimum Gasteiger partial charge on any atom is -0.393 e. The van der Waals surface area contributed by atoms with Gasteiger partial charge in [-0.05, 0) is 43.5 Å². The van der Waals surface area contributed by atoms with Gasteiger partial charge in [-0.25, -0.2) is 4.39 Å².